The number of halogens is 2. The van der Waals surface area contributed by atoms with Crippen molar-refractivity contribution >= 4 is 23.2 Å². The Morgan fingerprint density at radius 2 is 2.05 bits per heavy atom. The fourth-order valence-corrected chi connectivity index (χ4v) is 2.96. The summed E-state index contributed by atoms with van der Waals surface area (Å²) in [6.45, 7) is 5.76. The van der Waals surface area contributed by atoms with Crippen molar-refractivity contribution in [2.45, 2.75) is 45.8 Å². The van der Waals surface area contributed by atoms with E-state index in [1.165, 1.54) is 24.1 Å². The van der Waals surface area contributed by atoms with Crippen LogP contribution in [0.1, 0.15) is 35.4 Å². The van der Waals surface area contributed by atoms with Crippen molar-refractivity contribution in [1.82, 2.24) is 15.1 Å². The first kappa shape index (κ1) is 14.9. The summed E-state index contributed by atoms with van der Waals surface area (Å²) in [6, 6.07) is 6.31. The minimum absolute atomic E-state index is 0.659. The van der Waals surface area contributed by atoms with E-state index in [-0.39, 0.29) is 0 Å². The van der Waals surface area contributed by atoms with Gasteiger partial charge in [-0.05, 0) is 44.4 Å². The highest BCUT2D eigenvalue weighted by molar-refractivity contribution is 6.35. The van der Waals surface area contributed by atoms with E-state index in [4.69, 9.17) is 23.2 Å². The second-order valence-electron chi connectivity index (χ2n) is 5.70. The molecule has 0 unspecified atom stereocenters. The van der Waals surface area contributed by atoms with E-state index in [9.17, 15) is 0 Å². The molecule has 3 rings (SSSR count). The SMILES string of the molecule is Cc1nn(Cc2ccc(Cl)cc2Cl)c(C)c1CNC1CC1. The molecule has 1 aliphatic rings. The van der Waals surface area contributed by atoms with Gasteiger partial charge in [0.2, 0.25) is 0 Å². The van der Waals surface area contributed by atoms with Crippen LogP contribution in [-0.4, -0.2) is 15.8 Å². The average Bonchev–Trinajstić information content (AvgIpc) is 3.20. The lowest BCUT2D eigenvalue weighted by atomic mass is 10.2. The summed E-state index contributed by atoms with van der Waals surface area (Å²) in [7, 11) is 0. The zero-order valence-corrected chi connectivity index (χ0v) is 13.8. The van der Waals surface area contributed by atoms with E-state index in [0.29, 0.717) is 22.6 Å². The van der Waals surface area contributed by atoms with Crippen molar-refractivity contribution in [1.29, 1.82) is 0 Å². The molecule has 0 atom stereocenters. The van der Waals surface area contributed by atoms with E-state index < -0.39 is 0 Å². The van der Waals surface area contributed by atoms with Crippen LogP contribution in [0.2, 0.25) is 10.0 Å². The van der Waals surface area contributed by atoms with Crippen molar-refractivity contribution in [2.24, 2.45) is 0 Å². The third-order valence-electron chi connectivity index (χ3n) is 4.01. The van der Waals surface area contributed by atoms with Crippen LogP contribution in [-0.2, 0) is 13.1 Å². The lowest BCUT2D eigenvalue weighted by Crippen LogP contribution is -2.16. The number of aromatic nitrogens is 2. The molecule has 0 aliphatic heterocycles. The van der Waals surface area contributed by atoms with Crippen LogP contribution in [0.4, 0.5) is 0 Å². The third kappa shape index (κ3) is 3.42. The minimum atomic E-state index is 0.659. The fourth-order valence-electron chi connectivity index (χ4n) is 2.49. The van der Waals surface area contributed by atoms with Crippen molar-refractivity contribution in [3.63, 3.8) is 0 Å². The molecule has 0 spiro atoms. The molecule has 21 heavy (non-hydrogen) atoms. The Kier molecular flexibility index (Phi) is 4.25. The maximum absolute atomic E-state index is 6.25. The number of nitrogens with zero attached hydrogens (tertiary/aromatic N) is 2. The molecule has 0 bridgehead atoms. The molecule has 1 saturated carbocycles. The monoisotopic (exact) mass is 323 g/mol. The van der Waals surface area contributed by atoms with Crippen LogP contribution >= 0.6 is 23.2 Å². The minimum Gasteiger partial charge on any atom is -0.310 e. The Bertz CT molecular complexity index is 660. The number of nitrogens with one attached hydrogen (secondary N) is 1. The van der Waals surface area contributed by atoms with Gasteiger partial charge in [0.05, 0.1) is 12.2 Å². The van der Waals surface area contributed by atoms with Gasteiger partial charge < -0.3 is 5.32 Å². The Hall–Kier alpha value is -1.03. The average molecular weight is 324 g/mol. The molecule has 5 heteroatoms. The second-order valence-corrected chi connectivity index (χ2v) is 6.54. The predicted octanol–water partition coefficient (Wildman–Crippen LogP) is 4.11. The lowest BCUT2D eigenvalue weighted by molar-refractivity contribution is 0.652. The van der Waals surface area contributed by atoms with E-state index in [2.05, 4.69) is 24.3 Å². The molecule has 0 amide bonds. The molecular formula is C16H19Cl2N3. The van der Waals surface area contributed by atoms with Crippen LogP contribution < -0.4 is 5.32 Å². The molecule has 112 valence electrons. The smallest absolute Gasteiger partial charge is 0.0677 e. The summed E-state index contributed by atoms with van der Waals surface area (Å²) in [6.07, 6.45) is 2.60. The van der Waals surface area contributed by atoms with Crippen LogP contribution in [0.15, 0.2) is 18.2 Å². The molecule has 1 aliphatic carbocycles. The molecular weight excluding hydrogens is 305 g/mol. The van der Waals surface area contributed by atoms with Gasteiger partial charge >= 0.3 is 0 Å². The summed E-state index contributed by atoms with van der Waals surface area (Å²) in [5, 5.41) is 9.55. The summed E-state index contributed by atoms with van der Waals surface area (Å²) < 4.78 is 2.02. The third-order valence-corrected chi connectivity index (χ3v) is 4.60. The second kappa shape index (κ2) is 5.99. The molecule has 1 aromatic heterocycles. The topological polar surface area (TPSA) is 29.9 Å². The largest absolute Gasteiger partial charge is 0.310 e. The summed E-state index contributed by atoms with van der Waals surface area (Å²) in [5.74, 6) is 0. The first-order chi connectivity index (χ1) is 10.0. The van der Waals surface area contributed by atoms with Gasteiger partial charge in [-0.25, -0.2) is 0 Å². The maximum Gasteiger partial charge on any atom is 0.0677 e. The predicted molar refractivity (Wildman–Crippen MR) is 87.1 cm³/mol. The van der Waals surface area contributed by atoms with Gasteiger partial charge in [-0.1, -0.05) is 29.3 Å². The number of rotatable bonds is 5. The first-order valence-electron chi connectivity index (χ1n) is 7.25. The Balaban J connectivity index is 1.79. The van der Waals surface area contributed by atoms with Gasteiger partial charge in [0, 0.05) is 33.9 Å². The Morgan fingerprint density at radius 3 is 2.71 bits per heavy atom. The Morgan fingerprint density at radius 1 is 1.29 bits per heavy atom. The van der Waals surface area contributed by atoms with Crippen molar-refractivity contribution < 1.29 is 0 Å². The highest BCUT2D eigenvalue weighted by Gasteiger charge is 2.21. The molecule has 2 aromatic rings. The highest BCUT2D eigenvalue weighted by atomic mass is 35.5. The number of hydrogen-bond donors (Lipinski definition) is 1. The zero-order chi connectivity index (χ0) is 15.0. The molecule has 1 aromatic carbocycles. The summed E-state index contributed by atoms with van der Waals surface area (Å²) >= 11 is 12.2. The van der Waals surface area contributed by atoms with Crippen molar-refractivity contribution in [3.05, 3.63) is 50.8 Å². The van der Waals surface area contributed by atoms with Crippen LogP contribution in [0.5, 0.6) is 0 Å². The van der Waals surface area contributed by atoms with Crippen LogP contribution in [0.3, 0.4) is 0 Å². The van der Waals surface area contributed by atoms with Crippen LogP contribution in [0.25, 0.3) is 0 Å². The van der Waals surface area contributed by atoms with Gasteiger partial charge in [0.15, 0.2) is 0 Å². The standard InChI is InChI=1S/C16H19Cl2N3/c1-10-15(8-19-14-5-6-14)11(2)21(20-10)9-12-3-4-13(17)7-16(12)18/h3-4,7,14,19H,5-6,8-9H2,1-2H3. The molecule has 0 saturated heterocycles. The van der Waals surface area contributed by atoms with E-state index >= 15 is 0 Å². The van der Waals surface area contributed by atoms with E-state index in [0.717, 1.165) is 17.8 Å². The van der Waals surface area contributed by atoms with E-state index in [1.54, 1.807) is 6.07 Å². The summed E-state index contributed by atoms with van der Waals surface area (Å²) in [5.41, 5.74) is 4.62. The zero-order valence-electron chi connectivity index (χ0n) is 12.3. The number of benzene rings is 1. The van der Waals surface area contributed by atoms with Crippen molar-refractivity contribution in [2.75, 3.05) is 0 Å². The van der Waals surface area contributed by atoms with Gasteiger partial charge in [-0.3, -0.25) is 4.68 Å². The normalized spacial score (nSPS) is 14.7. The van der Waals surface area contributed by atoms with Gasteiger partial charge in [0.1, 0.15) is 0 Å². The van der Waals surface area contributed by atoms with Crippen molar-refractivity contribution in [3.8, 4) is 0 Å². The fraction of sp³-hybridized carbons (Fsp3) is 0.438. The molecule has 0 radical (unpaired) electrons. The Labute approximate surface area is 135 Å². The lowest BCUT2D eigenvalue weighted by Gasteiger charge is -2.08. The molecule has 1 fully saturated rings. The summed E-state index contributed by atoms with van der Waals surface area (Å²) in [4.78, 5) is 0. The highest BCUT2D eigenvalue weighted by Crippen LogP contribution is 2.24. The van der Waals surface area contributed by atoms with Gasteiger partial charge in [-0.2, -0.15) is 5.10 Å². The van der Waals surface area contributed by atoms with Gasteiger partial charge in [0.25, 0.3) is 0 Å². The number of aryl methyl sites for hydroxylation is 1. The number of hydrogen-bond acceptors (Lipinski definition) is 2. The molecule has 3 nitrogen and oxygen atoms in total. The molecule has 1 N–H and O–H groups in total. The van der Waals surface area contributed by atoms with Gasteiger partial charge in [-0.15, -0.1) is 0 Å². The maximum atomic E-state index is 6.25. The van der Waals surface area contributed by atoms with E-state index in [1.807, 2.05) is 16.8 Å². The quantitative estimate of drug-likeness (QED) is 0.897. The first-order valence-corrected chi connectivity index (χ1v) is 8.00. The molecule has 1 heterocycles. The van der Waals surface area contributed by atoms with Crippen LogP contribution in [0, 0.1) is 13.8 Å².